The molecule has 3 unspecified atom stereocenters. The normalized spacial score (nSPS) is 35.8. The minimum Gasteiger partial charge on any atom is -0.299 e. The van der Waals surface area contributed by atoms with Crippen molar-refractivity contribution in [3.8, 4) is 0 Å². The first-order valence-electron chi connectivity index (χ1n) is 7.93. The van der Waals surface area contributed by atoms with Crippen molar-refractivity contribution < 1.29 is 4.79 Å². The van der Waals surface area contributed by atoms with Crippen molar-refractivity contribution in [1.82, 2.24) is 4.90 Å². The lowest BCUT2D eigenvalue weighted by Gasteiger charge is -2.27. The lowest BCUT2D eigenvalue weighted by molar-refractivity contribution is -0.123. The van der Waals surface area contributed by atoms with E-state index in [1.807, 2.05) is 0 Å². The third-order valence-corrected chi connectivity index (χ3v) is 5.67. The van der Waals surface area contributed by atoms with Gasteiger partial charge in [0.05, 0.1) is 6.54 Å². The molecule has 3 saturated carbocycles. The number of likely N-dealkylation sites (N-methyl/N-ethyl adjacent to an activating group) is 1. The molecule has 3 atom stereocenters. The molecule has 0 saturated heterocycles. The minimum atomic E-state index is 0.396. The molecule has 3 fully saturated rings. The van der Waals surface area contributed by atoms with E-state index in [4.69, 9.17) is 0 Å². The van der Waals surface area contributed by atoms with Gasteiger partial charge in [0.1, 0.15) is 5.78 Å². The molecule has 2 nitrogen and oxygen atoms in total. The van der Waals surface area contributed by atoms with Crippen LogP contribution in [0.25, 0.3) is 0 Å². The van der Waals surface area contributed by atoms with E-state index in [2.05, 4.69) is 11.9 Å². The van der Waals surface area contributed by atoms with Crippen LogP contribution in [0.2, 0.25) is 0 Å². The third-order valence-electron chi connectivity index (χ3n) is 5.67. The van der Waals surface area contributed by atoms with Crippen LogP contribution < -0.4 is 0 Å². The molecular weight excluding hydrogens is 222 g/mol. The zero-order valence-corrected chi connectivity index (χ0v) is 11.7. The first kappa shape index (κ1) is 12.7. The molecular formula is C16H27NO. The van der Waals surface area contributed by atoms with Crippen molar-refractivity contribution in [3.05, 3.63) is 0 Å². The van der Waals surface area contributed by atoms with Crippen molar-refractivity contribution in [3.63, 3.8) is 0 Å². The first-order valence-corrected chi connectivity index (χ1v) is 7.93. The van der Waals surface area contributed by atoms with Gasteiger partial charge in [0.2, 0.25) is 0 Å². The van der Waals surface area contributed by atoms with E-state index < -0.39 is 0 Å². The Balaban J connectivity index is 1.44. The fourth-order valence-corrected chi connectivity index (χ4v) is 4.71. The zero-order valence-electron chi connectivity index (χ0n) is 11.7. The fraction of sp³-hybridized carbons (Fsp3) is 0.938. The molecule has 3 aliphatic rings. The van der Waals surface area contributed by atoms with E-state index in [1.54, 1.807) is 0 Å². The van der Waals surface area contributed by atoms with Crippen LogP contribution in [0.15, 0.2) is 0 Å². The maximum Gasteiger partial charge on any atom is 0.149 e. The van der Waals surface area contributed by atoms with Crippen LogP contribution in [0.3, 0.4) is 0 Å². The van der Waals surface area contributed by atoms with Gasteiger partial charge in [-0.2, -0.15) is 0 Å². The van der Waals surface area contributed by atoms with E-state index in [0.717, 1.165) is 30.6 Å². The molecule has 2 heteroatoms. The van der Waals surface area contributed by atoms with Crippen molar-refractivity contribution in [2.24, 2.45) is 23.7 Å². The number of hydrogen-bond acceptors (Lipinski definition) is 2. The van der Waals surface area contributed by atoms with E-state index in [-0.39, 0.29) is 0 Å². The van der Waals surface area contributed by atoms with Crippen molar-refractivity contribution in [1.29, 1.82) is 0 Å². The van der Waals surface area contributed by atoms with Gasteiger partial charge in [0.15, 0.2) is 0 Å². The highest BCUT2D eigenvalue weighted by Crippen LogP contribution is 2.48. The SMILES string of the molecule is CN(CC(=O)C1CCCC1)CC1CC2CCC1C2. The zero-order chi connectivity index (χ0) is 12.5. The van der Waals surface area contributed by atoms with E-state index >= 15 is 0 Å². The number of ketones is 1. The summed E-state index contributed by atoms with van der Waals surface area (Å²) in [7, 11) is 2.15. The van der Waals surface area contributed by atoms with E-state index in [9.17, 15) is 4.79 Å². The Hall–Kier alpha value is -0.370. The topological polar surface area (TPSA) is 20.3 Å². The molecule has 0 aliphatic heterocycles. The average molecular weight is 249 g/mol. The summed E-state index contributed by atoms with van der Waals surface area (Å²) in [6.45, 7) is 1.87. The molecule has 0 radical (unpaired) electrons. The number of carbonyl (C=O) groups excluding carboxylic acids is 1. The van der Waals surface area contributed by atoms with Crippen LogP contribution >= 0.6 is 0 Å². The van der Waals surface area contributed by atoms with Gasteiger partial charge in [-0.1, -0.05) is 19.3 Å². The predicted octanol–water partition coefficient (Wildman–Crippen LogP) is 3.11. The molecule has 0 aromatic rings. The molecule has 3 rings (SSSR count). The van der Waals surface area contributed by atoms with Crippen LogP contribution in [0.5, 0.6) is 0 Å². The van der Waals surface area contributed by atoms with Crippen LogP contribution in [0.4, 0.5) is 0 Å². The molecule has 3 aliphatic carbocycles. The van der Waals surface area contributed by atoms with Crippen LogP contribution in [-0.2, 0) is 4.79 Å². The van der Waals surface area contributed by atoms with Gasteiger partial charge in [-0.25, -0.2) is 0 Å². The Morgan fingerprint density at radius 2 is 1.89 bits per heavy atom. The summed E-state index contributed by atoms with van der Waals surface area (Å²) in [5.41, 5.74) is 0. The smallest absolute Gasteiger partial charge is 0.149 e. The summed E-state index contributed by atoms with van der Waals surface area (Å²) in [5.74, 6) is 3.81. The molecule has 0 spiro atoms. The molecule has 0 N–H and O–H groups in total. The van der Waals surface area contributed by atoms with Gasteiger partial charge >= 0.3 is 0 Å². The van der Waals surface area contributed by atoms with E-state index in [1.165, 1.54) is 45.1 Å². The number of carbonyl (C=O) groups is 1. The Labute approximate surface area is 111 Å². The Kier molecular flexibility index (Phi) is 3.74. The van der Waals surface area contributed by atoms with Crippen molar-refractivity contribution in [2.45, 2.75) is 51.4 Å². The minimum absolute atomic E-state index is 0.396. The first-order chi connectivity index (χ1) is 8.72. The molecule has 0 amide bonds. The molecule has 102 valence electrons. The third kappa shape index (κ3) is 2.64. The number of nitrogens with zero attached hydrogens (tertiary/aromatic N) is 1. The maximum atomic E-state index is 12.1. The molecule has 18 heavy (non-hydrogen) atoms. The standard InChI is InChI=1S/C16H27NO/c1-17(11-16(18)13-4-2-3-5-13)10-15-9-12-6-7-14(15)8-12/h12-15H,2-11H2,1H3. The largest absolute Gasteiger partial charge is 0.299 e. The Morgan fingerprint density at radius 3 is 2.50 bits per heavy atom. The molecule has 0 heterocycles. The van der Waals surface area contributed by atoms with Gasteiger partial charge in [-0.05, 0) is 56.9 Å². The van der Waals surface area contributed by atoms with Gasteiger partial charge < -0.3 is 0 Å². The summed E-state index contributed by atoms with van der Waals surface area (Å²) in [6, 6.07) is 0. The highest BCUT2D eigenvalue weighted by Gasteiger charge is 2.39. The summed E-state index contributed by atoms with van der Waals surface area (Å²) in [6.07, 6.45) is 10.7. The Morgan fingerprint density at radius 1 is 1.11 bits per heavy atom. The van der Waals surface area contributed by atoms with Crippen molar-refractivity contribution >= 4 is 5.78 Å². The molecule has 0 aromatic heterocycles. The number of fused-ring (bicyclic) bond motifs is 2. The van der Waals surface area contributed by atoms with E-state index in [0.29, 0.717) is 18.2 Å². The second-order valence-electron chi connectivity index (χ2n) is 7.08. The lowest BCUT2D eigenvalue weighted by Crippen LogP contribution is -2.34. The van der Waals surface area contributed by atoms with Crippen LogP contribution in [0, 0.1) is 23.7 Å². The van der Waals surface area contributed by atoms with Crippen LogP contribution in [-0.4, -0.2) is 30.8 Å². The predicted molar refractivity (Wildman–Crippen MR) is 73.4 cm³/mol. The molecule has 2 bridgehead atoms. The van der Waals surface area contributed by atoms with Gasteiger partial charge in [-0.15, -0.1) is 0 Å². The molecule has 0 aromatic carbocycles. The second-order valence-corrected chi connectivity index (χ2v) is 7.08. The summed E-state index contributed by atoms with van der Waals surface area (Å²) in [4.78, 5) is 14.5. The number of Topliss-reactive ketones (excluding diaryl/α,β-unsaturated/α-hetero) is 1. The highest BCUT2D eigenvalue weighted by molar-refractivity contribution is 5.83. The second kappa shape index (κ2) is 5.32. The van der Waals surface area contributed by atoms with Gasteiger partial charge in [-0.3, -0.25) is 9.69 Å². The maximum absolute atomic E-state index is 12.1. The lowest BCUT2D eigenvalue weighted by atomic mass is 9.88. The van der Waals surface area contributed by atoms with Gasteiger partial charge in [0.25, 0.3) is 0 Å². The summed E-state index contributed by atoms with van der Waals surface area (Å²) < 4.78 is 0. The average Bonchev–Trinajstić information content (AvgIpc) is 3.06. The quantitative estimate of drug-likeness (QED) is 0.746. The number of hydrogen-bond donors (Lipinski definition) is 0. The Bertz CT molecular complexity index is 308. The summed E-state index contributed by atoms with van der Waals surface area (Å²) in [5, 5.41) is 0. The number of rotatable bonds is 5. The fourth-order valence-electron chi connectivity index (χ4n) is 4.71. The highest BCUT2D eigenvalue weighted by atomic mass is 16.1. The van der Waals surface area contributed by atoms with Crippen LogP contribution in [0.1, 0.15) is 51.4 Å². The summed E-state index contributed by atoms with van der Waals surface area (Å²) >= 11 is 0. The van der Waals surface area contributed by atoms with Gasteiger partial charge in [0, 0.05) is 12.5 Å². The monoisotopic (exact) mass is 249 g/mol. The van der Waals surface area contributed by atoms with Crippen molar-refractivity contribution in [2.75, 3.05) is 20.1 Å².